The Labute approximate surface area is 187 Å². The molecule has 1 aliphatic carbocycles. The van der Waals surface area contributed by atoms with E-state index in [1.807, 2.05) is 18.8 Å². The first kappa shape index (κ1) is 22.2. The van der Waals surface area contributed by atoms with E-state index >= 15 is 0 Å². The van der Waals surface area contributed by atoms with Crippen molar-refractivity contribution in [2.45, 2.75) is 38.5 Å². The van der Waals surface area contributed by atoms with E-state index in [2.05, 4.69) is 74.8 Å². The Morgan fingerprint density at radius 2 is 2.04 bits per heavy atom. The number of nitrogens with zero attached hydrogens (tertiary/aromatic N) is 3. The van der Waals surface area contributed by atoms with Crippen molar-refractivity contribution >= 4 is 45.9 Å². The summed E-state index contributed by atoms with van der Waals surface area (Å²) in [6, 6.07) is 8.66. The molecule has 3 rings (SSSR count). The second-order valence-corrected chi connectivity index (χ2v) is 8.08. The first-order valence-corrected chi connectivity index (χ1v) is 9.94. The summed E-state index contributed by atoms with van der Waals surface area (Å²) in [6.45, 7) is 5.95. The number of guanidine groups is 1. The highest BCUT2D eigenvalue weighted by Crippen LogP contribution is 2.48. The molecule has 1 aromatic heterocycles. The molecule has 0 saturated heterocycles. The normalized spacial score (nSPS) is 15.2. The second-order valence-electron chi connectivity index (χ2n) is 7.17. The lowest BCUT2D eigenvalue weighted by Gasteiger charge is -2.19. The molecule has 0 bridgehead atoms. The van der Waals surface area contributed by atoms with Crippen LogP contribution in [0.25, 0.3) is 0 Å². The minimum absolute atomic E-state index is 0. The summed E-state index contributed by atoms with van der Waals surface area (Å²) in [6.07, 6.45) is 3.39. The van der Waals surface area contributed by atoms with Crippen LogP contribution >= 0.6 is 39.9 Å². The summed E-state index contributed by atoms with van der Waals surface area (Å²) in [5.41, 5.74) is 5.32. The van der Waals surface area contributed by atoms with Crippen LogP contribution in [0.2, 0.25) is 0 Å². The topological polar surface area (TPSA) is 54.2 Å². The van der Waals surface area contributed by atoms with Gasteiger partial charge in [0.2, 0.25) is 0 Å². The molecule has 0 atom stereocenters. The molecule has 1 saturated carbocycles. The predicted octanol–water partition coefficient (Wildman–Crippen LogP) is 3.86. The van der Waals surface area contributed by atoms with Gasteiger partial charge in [-0.1, -0.05) is 28.1 Å². The van der Waals surface area contributed by atoms with Crippen LogP contribution in [0.3, 0.4) is 0 Å². The molecule has 1 heterocycles. The Balaban J connectivity index is 0.00000261. The second kappa shape index (κ2) is 9.41. The van der Waals surface area contributed by atoms with Gasteiger partial charge in [0.15, 0.2) is 5.96 Å². The number of aryl methyl sites for hydroxylation is 2. The Bertz CT molecular complexity index is 811. The van der Waals surface area contributed by atoms with Crippen molar-refractivity contribution in [3.05, 3.63) is 51.3 Å². The molecule has 0 aliphatic heterocycles. The van der Waals surface area contributed by atoms with Gasteiger partial charge in [0.05, 0.1) is 5.69 Å². The van der Waals surface area contributed by atoms with Gasteiger partial charge in [-0.05, 0) is 56.4 Å². The van der Waals surface area contributed by atoms with E-state index in [1.165, 1.54) is 29.7 Å². The summed E-state index contributed by atoms with van der Waals surface area (Å²) >= 11 is 3.58. The molecule has 5 nitrogen and oxygen atoms in total. The number of aliphatic imine (C=N–C) groups is 1. The molecule has 0 unspecified atom stereocenters. The van der Waals surface area contributed by atoms with Crippen LogP contribution < -0.4 is 10.6 Å². The van der Waals surface area contributed by atoms with Gasteiger partial charge >= 0.3 is 0 Å². The van der Waals surface area contributed by atoms with E-state index in [-0.39, 0.29) is 29.4 Å². The number of benzene rings is 1. The Morgan fingerprint density at radius 3 is 2.59 bits per heavy atom. The fourth-order valence-electron chi connectivity index (χ4n) is 3.50. The summed E-state index contributed by atoms with van der Waals surface area (Å²) in [5.74, 6) is 0.866. The third-order valence-corrected chi connectivity index (χ3v) is 5.93. The minimum Gasteiger partial charge on any atom is -0.356 e. The molecule has 0 radical (unpaired) electrons. The maximum Gasteiger partial charge on any atom is 0.191 e. The zero-order valence-electron chi connectivity index (χ0n) is 16.5. The quantitative estimate of drug-likeness (QED) is 0.329. The number of halogens is 2. The number of hydrogen-bond donors (Lipinski definition) is 2. The lowest BCUT2D eigenvalue weighted by Crippen LogP contribution is -2.42. The maximum absolute atomic E-state index is 4.49. The van der Waals surface area contributed by atoms with Crippen molar-refractivity contribution in [3.8, 4) is 0 Å². The number of nitrogens with one attached hydrogen (secondary N) is 2. The van der Waals surface area contributed by atoms with Crippen LogP contribution in [-0.2, 0) is 18.9 Å². The van der Waals surface area contributed by atoms with Crippen molar-refractivity contribution < 1.29 is 0 Å². The fourth-order valence-corrected chi connectivity index (χ4v) is 3.89. The highest BCUT2D eigenvalue weighted by Gasteiger charge is 2.44. The number of aromatic nitrogens is 2. The van der Waals surface area contributed by atoms with Gasteiger partial charge in [-0.2, -0.15) is 5.10 Å². The molecule has 27 heavy (non-hydrogen) atoms. The van der Waals surface area contributed by atoms with Crippen LogP contribution in [0.4, 0.5) is 0 Å². The largest absolute Gasteiger partial charge is 0.356 e. The van der Waals surface area contributed by atoms with Crippen LogP contribution in [0.15, 0.2) is 33.7 Å². The summed E-state index contributed by atoms with van der Waals surface area (Å²) < 4.78 is 3.10. The highest BCUT2D eigenvalue weighted by molar-refractivity contribution is 14.0. The molecule has 1 fully saturated rings. The maximum atomic E-state index is 4.49. The molecule has 0 spiro atoms. The van der Waals surface area contributed by atoms with Crippen molar-refractivity contribution in [2.24, 2.45) is 12.0 Å². The molecule has 1 aliphatic rings. The molecule has 1 aromatic carbocycles. The minimum atomic E-state index is 0. The molecule has 148 valence electrons. The van der Waals surface area contributed by atoms with Gasteiger partial charge < -0.3 is 10.6 Å². The standard InChI is InChI=1S/C20H28BrN5.HI/c1-14-18(15(2)26(4)25-14)8-11-23-19(22-3)24-13-20(9-10-20)16-6-5-7-17(21)12-16;/h5-7,12H,8-11,13H2,1-4H3,(H2,22,23,24);1H. The van der Waals surface area contributed by atoms with E-state index < -0.39 is 0 Å². The van der Waals surface area contributed by atoms with Gasteiger partial charge in [-0.3, -0.25) is 9.67 Å². The van der Waals surface area contributed by atoms with Crippen molar-refractivity contribution in [1.29, 1.82) is 0 Å². The molecule has 2 aromatic rings. The fraction of sp³-hybridized carbons (Fsp3) is 0.500. The Kier molecular flexibility index (Phi) is 7.73. The number of rotatable bonds is 6. The monoisotopic (exact) mass is 545 g/mol. The molecular formula is C20H29BrIN5. The lowest BCUT2D eigenvalue weighted by molar-refractivity contribution is 0.645. The van der Waals surface area contributed by atoms with Crippen LogP contribution in [0.5, 0.6) is 0 Å². The van der Waals surface area contributed by atoms with E-state index in [4.69, 9.17) is 0 Å². The average Bonchev–Trinajstić information content (AvgIpc) is 3.37. The van der Waals surface area contributed by atoms with Crippen molar-refractivity contribution in [1.82, 2.24) is 20.4 Å². The third-order valence-electron chi connectivity index (χ3n) is 5.43. The van der Waals surface area contributed by atoms with Crippen LogP contribution in [-0.4, -0.2) is 35.9 Å². The van der Waals surface area contributed by atoms with E-state index in [0.29, 0.717) is 0 Å². The van der Waals surface area contributed by atoms with Crippen LogP contribution in [0, 0.1) is 13.8 Å². The smallest absolute Gasteiger partial charge is 0.191 e. The zero-order valence-corrected chi connectivity index (χ0v) is 20.4. The summed E-state index contributed by atoms with van der Waals surface area (Å²) in [4.78, 5) is 4.38. The number of hydrogen-bond acceptors (Lipinski definition) is 2. The average molecular weight is 546 g/mol. The van der Waals surface area contributed by atoms with Crippen LogP contribution in [0.1, 0.15) is 35.4 Å². The highest BCUT2D eigenvalue weighted by atomic mass is 127. The molecular weight excluding hydrogens is 517 g/mol. The van der Waals surface area contributed by atoms with E-state index in [9.17, 15) is 0 Å². The van der Waals surface area contributed by atoms with Crippen molar-refractivity contribution in [2.75, 3.05) is 20.1 Å². The van der Waals surface area contributed by atoms with Gasteiger partial charge in [0.25, 0.3) is 0 Å². The molecule has 2 N–H and O–H groups in total. The zero-order chi connectivity index (χ0) is 18.7. The Morgan fingerprint density at radius 1 is 1.30 bits per heavy atom. The summed E-state index contributed by atoms with van der Waals surface area (Å²) in [5, 5.41) is 11.4. The predicted molar refractivity (Wildman–Crippen MR) is 126 cm³/mol. The van der Waals surface area contributed by atoms with Gasteiger partial charge in [-0.15, -0.1) is 24.0 Å². The van der Waals surface area contributed by atoms with Gasteiger partial charge in [0, 0.05) is 42.8 Å². The van der Waals surface area contributed by atoms with Gasteiger partial charge in [0.1, 0.15) is 0 Å². The molecule has 7 heteroatoms. The first-order valence-electron chi connectivity index (χ1n) is 9.15. The Hall–Kier alpha value is -1.09. The van der Waals surface area contributed by atoms with Crippen molar-refractivity contribution in [3.63, 3.8) is 0 Å². The van der Waals surface area contributed by atoms with Gasteiger partial charge in [-0.25, -0.2) is 0 Å². The first-order chi connectivity index (χ1) is 12.4. The lowest BCUT2D eigenvalue weighted by atomic mass is 9.96. The van der Waals surface area contributed by atoms with E-state index in [0.717, 1.165) is 35.6 Å². The molecule has 0 amide bonds. The third kappa shape index (κ3) is 5.25. The van der Waals surface area contributed by atoms with E-state index in [1.54, 1.807) is 0 Å². The summed E-state index contributed by atoms with van der Waals surface area (Å²) in [7, 11) is 3.82. The SMILES string of the molecule is CN=C(NCCc1c(C)nn(C)c1C)NCC1(c2cccc(Br)c2)CC1.I.